The Morgan fingerprint density at radius 3 is 2.50 bits per heavy atom. The zero-order chi connectivity index (χ0) is 28.4. The number of fused-ring (bicyclic) bond motifs is 1. The molecule has 9 heteroatoms. The second-order valence-corrected chi connectivity index (χ2v) is 10.9. The molecule has 5 rings (SSSR count). The number of aromatic nitrogens is 1. The van der Waals surface area contributed by atoms with Gasteiger partial charge in [-0.2, -0.15) is 5.10 Å². The molecule has 0 unspecified atom stereocenters. The Hall–Kier alpha value is -3.91. The van der Waals surface area contributed by atoms with Gasteiger partial charge in [-0.1, -0.05) is 81.1 Å². The fraction of sp³-hybridized carbons (Fsp3) is 0.0645. The summed E-state index contributed by atoms with van der Waals surface area (Å²) in [5.74, 6) is -0.831. The van der Waals surface area contributed by atoms with E-state index in [9.17, 15) is 9.59 Å². The summed E-state index contributed by atoms with van der Waals surface area (Å²) in [4.78, 5) is 29.5. The number of rotatable bonds is 6. The molecule has 0 saturated heterocycles. The number of esters is 1. The summed E-state index contributed by atoms with van der Waals surface area (Å²) in [6, 6.07) is 23.4. The first-order valence-electron chi connectivity index (χ1n) is 12.2. The van der Waals surface area contributed by atoms with Crippen molar-refractivity contribution in [3.8, 4) is 16.9 Å². The lowest BCUT2D eigenvalue weighted by Gasteiger charge is -2.09. The molecular weight excluding hydrogens is 613 g/mol. The van der Waals surface area contributed by atoms with Crippen molar-refractivity contribution in [2.75, 3.05) is 0 Å². The first-order chi connectivity index (χ1) is 19.2. The quantitative estimate of drug-likeness (QED) is 0.0850. The van der Waals surface area contributed by atoms with Crippen molar-refractivity contribution in [2.24, 2.45) is 5.10 Å². The van der Waals surface area contributed by atoms with E-state index in [0.29, 0.717) is 16.3 Å². The van der Waals surface area contributed by atoms with Crippen LogP contribution in [-0.4, -0.2) is 23.1 Å². The zero-order valence-corrected chi connectivity index (χ0v) is 24.5. The molecular formula is C31H22BrCl2N3O3. The van der Waals surface area contributed by atoms with Crippen LogP contribution in [0.5, 0.6) is 5.75 Å². The van der Waals surface area contributed by atoms with Crippen molar-refractivity contribution in [1.29, 1.82) is 0 Å². The number of hydrogen-bond acceptors (Lipinski definition) is 4. The van der Waals surface area contributed by atoms with Crippen LogP contribution in [0.3, 0.4) is 0 Å². The van der Waals surface area contributed by atoms with E-state index in [1.807, 2.05) is 44.2 Å². The van der Waals surface area contributed by atoms with Crippen LogP contribution in [0.2, 0.25) is 10.0 Å². The lowest BCUT2D eigenvalue weighted by atomic mass is 9.99. The molecule has 200 valence electrons. The van der Waals surface area contributed by atoms with Crippen molar-refractivity contribution < 1.29 is 14.3 Å². The average molecular weight is 635 g/mol. The van der Waals surface area contributed by atoms with Gasteiger partial charge >= 0.3 is 5.97 Å². The van der Waals surface area contributed by atoms with Gasteiger partial charge in [0.2, 0.25) is 0 Å². The number of hydrogen-bond donors (Lipinski definition) is 2. The molecule has 2 N–H and O–H groups in total. The van der Waals surface area contributed by atoms with E-state index in [2.05, 4.69) is 43.6 Å². The molecule has 6 nitrogen and oxygen atoms in total. The second kappa shape index (κ2) is 11.7. The van der Waals surface area contributed by atoms with Gasteiger partial charge in [0.05, 0.1) is 16.8 Å². The Morgan fingerprint density at radius 2 is 1.75 bits per heavy atom. The molecule has 0 aliphatic heterocycles. The Morgan fingerprint density at radius 1 is 0.975 bits per heavy atom. The Balaban J connectivity index is 1.43. The summed E-state index contributed by atoms with van der Waals surface area (Å²) >= 11 is 15.5. The smallest absolute Gasteiger partial charge is 0.345 e. The van der Waals surface area contributed by atoms with Crippen LogP contribution < -0.4 is 10.2 Å². The van der Waals surface area contributed by atoms with Crippen molar-refractivity contribution in [3.05, 3.63) is 121 Å². The molecule has 0 aliphatic carbocycles. The lowest BCUT2D eigenvalue weighted by molar-refractivity contribution is 0.0734. The van der Waals surface area contributed by atoms with Crippen molar-refractivity contribution in [1.82, 2.24) is 10.4 Å². The van der Waals surface area contributed by atoms with Gasteiger partial charge in [0, 0.05) is 31.5 Å². The molecule has 40 heavy (non-hydrogen) atoms. The topological polar surface area (TPSA) is 83.6 Å². The van der Waals surface area contributed by atoms with Crippen LogP contribution in [0.15, 0.2) is 88.4 Å². The highest BCUT2D eigenvalue weighted by molar-refractivity contribution is 9.10. The summed E-state index contributed by atoms with van der Waals surface area (Å²) in [6.45, 7) is 4.04. The maximum Gasteiger partial charge on any atom is 0.345 e. The fourth-order valence-corrected chi connectivity index (χ4v) is 5.33. The number of aryl methyl sites for hydroxylation is 2. The molecule has 0 saturated carbocycles. The van der Waals surface area contributed by atoms with Gasteiger partial charge in [0.1, 0.15) is 11.4 Å². The minimum Gasteiger partial charge on any atom is -0.422 e. The van der Waals surface area contributed by atoms with Crippen LogP contribution >= 0.6 is 39.1 Å². The molecule has 1 amide bonds. The molecule has 0 spiro atoms. The van der Waals surface area contributed by atoms with Gasteiger partial charge in [0.15, 0.2) is 0 Å². The maximum atomic E-state index is 13.4. The number of carbonyl (C=O) groups is 2. The molecule has 0 fully saturated rings. The standard InChI is InChI=1S/C31H22BrCl2N3O3/c1-17-12-18(2)28-24(13-17)27(19-6-4-3-5-7-19)29(36-28)30(38)37-35-16-20-14-21(32)8-11-26(20)40-31(39)23-10-9-22(33)15-25(23)34/h3-16,36H,1-2H3,(H,37,38). The summed E-state index contributed by atoms with van der Waals surface area (Å²) in [7, 11) is 0. The van der Waals surface area contributed by atoms with Crippen LogP contribution in [0.4, 0.5) is 0 Å². The van der Waals surface area contributed by atoms with E-state index in [1.165, 1.54) is 18.3 Å². The van der Waals surface area contributed by atoms with E-state index in [-0.39, 0.29) is 16.3 Å². The number of carbonyl (C=O) groups excluding carboxylic acids is 2. The molecule has 1 aromatic heterocycles. The molecule has 0 atom stereocenters. The maximum absolute atomic E-state index is 13.4. The summed E-state index contributed by atoms with van der Waals surface area (Å²) in [6.07, 6.45) is 1.41. The lowest BCUT2D eigenvalue weighted by Crippen LogP contribution is -2.19. The number of amides is 1. The summed E-state index contributed by atoms with van der Waals surface area (Å²) in [5, 5.41) is 5.71. The van der Waals surface area contributed by atoms with E-state index >= 15 is 0 Å². The number of aromatic amines is 1. The first-order valence-corrected chi connectivity index (χ1v) is 13.7. The normalized spacial score (nSPS) is 11.2. The van der Waals surface area contributed by atoms with Gasteiger partial charge in [0.25, 0.3) is 5.91 Å². The van der Waals surface area contributed by atoms with Gasteiger partial charge in [-0.25, -0.2) is 10.2 Å². The third kappa shape index (κ3) is 5.82. The van der Waals surface area contributed by atoms with Crippen LogP contribution in [-0.2, 0) is 0 Å². The molecule has 1 heterocycles. The zero-order valence-electron chi connectivity index (χ0n) is 21.4. The number of halogens is 3. The largest absolute Gasteiger partial charge is 0.422 e. The number of nitrogens with zero attached hydrogens (tertiary/aromatic N) is 1. The van der Waals surface area contributed by atoms with E-state index in [4.69, 9.17) is 27.9 Å². The van der Waals surface area contributed by atoms with Crippen molar-refractivity contribution >= 4 is 68.1 Å². The predicted octanol–water partition coefficient (Wildman–Crippen LogP) is 8.50. The first kappa shape index (κ1) is 27.6. The van der Waals surface area contributed by atoms with Crippen LogP contribution in [0.25, 0.3) is 22.0 Å². The SMILES string of the molecule is Cc1cc(C)c2[nH]c(C(=O)NN=Cc3cc(Br)ccc3OC(=O)c3ccc(Cl)cc3Cl)c(-c3ccccc3)c2c1. The number of H-pyrrole nitrogens is 1. The van der Waals surface area contributed by atoms with Gasteiger partial charge in [-0.05, 0) is 67.4 Å². The highest BCUT2D eigenvalue weighted by Gasteiger charge is 2.20. The molecule has 0 radical (unpaired) electrons. The van der Waals surface area contributed by atoms with Crippen LogP contribution in [0, 0.1) is 13.8 Å². The Labute approximate surface area is 249 Å². The highest BCUT2D eigenvalue weighted by atomic mass is 79.9. The molecule has 0 aliphatic rings. The number of ether oxygens (including phenoxy) is 1. The highest BCUT2D eigenvalue weighted by Crippen LogP contribution is 2.35. The fourth-order valence-electron chi connectivity index (χ4n) is 4.47. The summed E-state index contributed by atoms with van der Waals surface area (Å²) < 4.78 is 6.33. The van der Waals surface area contributed by atoms with Crippen LogP contribution in [0.1, 0.15) is 37.5 Å². The van der Waals surface area contributed by atoms with E-state index in [1.54, 1.807) is 24.3 Å². The summed E-state index contributed by atoms with van der Waals surface area (Å²) in [5.41, 5.74) is 8.37. The Bertz CT molecular complexity index is 1800. The third-order valence-corrected chi connectivity index (χ3v) is 7.28. The molecule has 0 bridgehead atoms. The van der Waals surface area contributed by atoms with Crippen molar-refractivity contribution in [3.63, 3.8) is 0 Å². The second-order valence-electron chi connectivity index (χ2n) is 9.14. The molecule has 5 aromatic rings. The van der Waals surface area contributed by atoms with E-state index < -0.39 is 11.9 Å². The monoisotopic (exact) mass is 633 g/mol. The van der Waals surface area contributed by atoms with E-state index in [0.717, 1.165) is 37.6 Å². The minimum absolute atomic E-state index is 0.169. The molecule has 4 aromatic carbocycles. The predicted molar refractivity (Wildman–Crippen MR) is 164 cm³/mol. The van der Waals surface area contributed by atoms with Gasteiger partial charge < -0.3 is 9.72 Å². The minimum atomic E-state index is -0.654. The number of hydrazone groups is 1. The van der Waals surface area contributed by atoms with Gasteiger partial charge in [-0.3, -0.25) is 4.79 Å². The van der Waals surface area contributed by atoms with Crippen molar-refractivity contribution in [2.45, 2.75) is 13.8 Å². The Kier molecular flexibility index (Phi) is 8.07. The number of benzene rings is 4. The third-order valence-electron chi connectivity index (χ3n) is 6.23. The number of nitrogens with one attached hydrogen (secondary N) is 2. The average Bonchev–Trinajstić information content (AvgIpc) is 3.30. The van der Waals surface area contributed by atoms with Gasteiger partial charge in [-0.15, -0.1) is 0 Å².